The number of carboxylic acid groups (broad SMARTS) is 1. The van der Waals surface area contributed by atoms with Gasteiger partial charge in [-0.05, 0) is 42.7 Å². The maximum atomic E-state index is 12.9. The van der Waals surface area contributed by atoms with Crippen LogP contribution in [-0.2, 0) is 19.4 Å². The van der Waals surface area contributed by atoms with E-state index in [9.17, 15) is 14.7 Å². The van der Waals surface area contributed by atoms with Crippen LogP contribution in [0.15, 0.2) is 52.9 Å². The molecule has 0 bridgehead atoms. The van der Waals surface area contributed by atoms with Gasteiger partial charge < -0.3 is 9.67 Å². The van der Waals surface area contributed by atoms with Gasteiger partial charge in [0.15, 0.2) is 0 Å². The van der Waals surface area contributed by atoms with Gasteiger partial charge in [-0.25, -0.2) is 9.78 Å². The zero-order valence-electron chi connectivity index (χ0n) is 16.6. The van der Waals surface area contributed by atoms with Gasteiger partial charge in [-0.2, -0.15) is 0 Å². The Morgan fingerprint density at radius 2 is 2.03 bits per heavy atom. The van der Waals surface area contributed by atoms with Crippen molar-refractivity contribution in [1.29, 1.82) is 0 Å². The van der Waals surface area contributed by atoms with Gasteiger partial charge in [-0.1, -0.05) is 41.4 Å². The van der Waals surface area contributed by atoms with Crippen LogP contribution in [0, 0.1) is 6.92 Å². The summed E-state index contributed by atoms with van der Waals surface area (Å²) in [7, 11) is 0. The lowest BCUT2D eigenvalue weighted by atomic mass is 10.0. The normalized spacial score (nSPS) is 11.2. The van der Waals surface area contributed by atoms with E-state index in [1.54, 1.807) is 29.0 Å². The van der Waals surface area contributed by atoms with Gasteiger partial charge in [0.25, 0.3) is 0 Å². The number of pyridine rings is 1. The van der Waals surface area contributed by atoms with Gasteiger partial charge in [-0.3, -0.25) is 4.79 Å². The fraction of sp³-hybridized carbons (Fsp3) is 0.174. The van der Waals surface area contributed by atoms with Crippen LogP contribution in [0.4, 0.5) is 0 Å². The summed E-state index contributed by atoms with van der Waals surface area (Å²) in [5.74, 6) is -1.24. The van der Waals surface area contributed by atoms with Crippen molar-refractivity contribution in [3.8, 4) is 0 Å². The highest BCUT2D eigenvalue weighted by Crippen LogP contribution is 2.28. The molecule has 0 fully saturated rings. The Morgan fingerprint density at radius 3 is 2.74 bits per heavy atom. The molecule has 158 valence electrons. The highest BCUT2D eigenvalue weighted by atomic mass is 35.5. The van der Waals surface area contributed by atoms with Crippen molar-refractivity contribution in [2.24, 2.45) is 0 Å². The summed E-state index contributed by atoms with van der Waals surface area (Å²) < 4.78 is 1.83. The maximum Gasteiger partial charge on any atom is 0.341 e. The first-order valence-electron chi connectivity index (χ1n) is 9.56. The molecule has 4 aromatic rings. The Labute approximate surface area is 192 Å². The molecule has 0 radical (unpaired) electrons. The summed E-state index contributed by atoms with van der Waals surface area (Å²) in [4.78, 5) is 30.0. The van der Waals surface area contributed by atoms with Crippen molar-refractivity contribution in [2.45, 2.75) is 26.3 Å². The summed E-state index contributed by atoms with van der Waals surface area (Å²) in [6.07, 6.45) is 2.61. The Bertz CT molecular complexity index is 1360. The molecule has 0 saturated heterocycles. The van der Waals surface area contributed by atoms with Crippen molar-refractivity contribution in [3.63, 3.8) is 0 Å². The number of benzene rings is 2. The lowest BCUT2D eigenvalue weighted by molar-refractivity contribution is 0.0695. The van der Waals surface area contributed by atoms with Crippen LogP contribution in [-0.4, -0.2) is 20.6 Å². The number of rotatable bonds is 6. The first kappa shape index (κ1) is 21.6. The van der Waals surface area contributed by atoms with E-state index in [1.807, 2.05) is 35.8 Å². The van der Waals surface area contributed by atoms with E-state index in [-0.39, 0.29) is 5.56 Å². The smallest absolute Gasteiger partial charge is 0.341 e. The number of aromatic nitrogens is 2. The zero-order chi connectivity index (χ0) is 22.1. The lowest BCUT2D eigenvalue weighted by Crippen LogP contribution is -2.19. The number of thiazole rings is 1. The van der Waals surface area contributed by atoms with Crippen LogP contribution in [0.1, 0.15) is 32.1 Å². The Morgan fingerprint density at radius 1 is 1.23 bits per heavy atom. The summed E-state index contributed by atoms with van der Waals surface area (Å²) in [5.41, 5.74) is 4.40. The van der Waals surface area contributed by atoms with Crippen LogP contribution in [0.25, 0.3) is 10.9 Å². The third-order valence-corrected chi connectivity index (χ3v) is 7.08. The molecule has 2 heterocycles. The van der Waals surface area contributed by atoms with Crippen LogP contribution in [0.3, 0.4) is 0 Å². The van der Waals surface area contributed by atoms with E-state index in [0.29, 0.717) is 40.3 Å². The van der Waals surface area contributed by atoms with E-state index in [2.05, 4.69) is 4.98 Å². The molecular weight excluding hydrogens is 455 g/mol. The highest BCUT2D eigenvalue weighted by Gasteiger charge is 2.16. The molecule has 4 rings (SSSR count). The molecule has 0 aliphatic rings. The fourth-order valence-electron chi connectivity index (χ4n) is 3.58. The first-order valence-corrected chi connectivity index (χ1v) is 11.2. The topological polar surface area (TPSA) is 72.2 Å². The second kappa shape index (κ2) is 8.83. The molecule has 5 nitrogen and oxygen atoms in total. The lowest BCUT2D eigenvalue weighted by Gasteiger charge is -2.14. The van der Waals surface area contributed by atoms with E-state index < -0.39 is 11.4 Å². The molecule has 0 aliphatic heterocycles. The summed E-state index contributed by atoms with van der Waals surface area (Å²) in [6, 6.07) is 10.9. The molecule has 0 saturated carbocycles. The minimum absolute atomic E-state index is 0.244. The Balaban J connectivity index is 1.77. The Hall–Kier alpha value is -2.67. The molecule has 2 aromatic carbocycles. The largest absolute Gasteiger partial charge is 0.477 e. The van der Waals surface area contributed by atoms with E-state index in [0.717, 1.165) is 21.7 Å². The number of carbonyl (C=O) groups is 1. The van der Waals surface area contributed by atoms with Gasteiger partial charge in [0.05, 0.1) is 26.8 Å². The molecule has 0 aliphatic carbocycles. The summed E-state index contributed by atoms with van der Waals surface area (Å²) in [5, 5.41) is 10.9. The van der Waals surface area contributed by atoms with Crippen LogP contribution in [0.5, 0.6) is 0 Å². The predicted octanol–water partition coefficient (Wildman–Crippen LogP) is 5.60. The number of nitrogens with zero attached hydrogens (tertiary/aromatic N) is 2. The average molecular weight is 473 g/mol. The first-order chi connectivity index (χ1) is 14.8. The molecule has 31 heavy (non-hydrogen) atoms. The van der Waals surface area contributed by atoms with E-state index in [1.165, 1.54) is 6.20 Å². The van der Waals surface area contributed by atoms with Gasteiger partial charge in [0, 0.05) is 29.4 Å². The highest BCUT2D eigenvalue weighted by molar-refractivity contribution is 7.09. The minimum Gasteiger partial charge on any atom is -0.477 e. The number of fused-ring (bicyclic) bond motifs is 1. The van der Waals surface area contributed by atoms with Crippen molar-refractivity contribution in [1.82, 2.24) is 9.55 Å². The quantitative estimate of drug-likeness (QED) is 0.396. The van der Waals surface area contributed by atoms with Gasteiger partial charge in [0.2, 0.25) is 5.43 Å². The second-order valence-electron chi connectivity index (χ2n) is 7.22. The van der Waals surface area contributed by atoms with Crippen LogP contribution >= 0.6 is 34.5 Å². The maximum absolute atomic E-state index is 12.9. The molecule has 0 atom stereocenters. The molecule has 0 spiro atoms. The van der Waals surface area contributed by atoms with Gasteiger partial charge in [-0.15, -0.1) is 11.3 Å². The van der Waals surface area contributed by atoms with Crippen molar-refractivity contribution < 1.29 is 9.90 Å². The second-order valence-corrected chi connectivity index (χ2v) is 8.95. The monoisotopic (exact) mass is 472 g/mol. The van der Waals surface area contributed by atoms with Crippen molar-refractivity contribution >= 4 is 51.4 Å². The van der Waals surface area contributed by atoms with Crippen LogP contribution < -0.4 is 5.43 Å². The number of hydrogen-bond acceptors (Lipinski definition) is 4. The number of halogens is 2. The van der Waals surface area contributed by atoms with Gasteiger partial charge >= 0.3 is 5.97 Å². The Kier molecular flexibility index (Phi) is 6.14. The molecule has 0 amide bonds. The summed E-state index contributed by atoms with van der Waals surface area (Å²) in [6.45, 7) is 2.49. The average Bonchev–Trinajstić information content (AvgIpc) is 3.15. The van der Waals surface area contributed by atoms with Crippen molar-refractivity contribution in [3.05, 3.63) is 95.6 Å². The fourth-order valence-corrected chi connectivity index (χ4v) is 4.74. The number of aryl methyl sites for hydroxylation is 3. The standard InChI is InChI=1S/C23H18Cl2N2O3S/c1-13-20(31-12-26-13)7-8-27-11-17(23(29)30)22(28)16-10-14(5-6-19(16)27)9-15-3-2-4-18(24)21(15)25/h2-6,10-12H,7-9H2,1H3,(H,29,30). The predicted molar refractivity (Wildman–Crippen MR) is 125 cm³/mol. The zero-order valence-corrected chi connectivity index (χ0v) is 18.9. The van der Waals surface area contributed by atoms with E-state index >= 15 is 0 Å². The SMILES string of the molecule is Cc1ncsc1CCn1cc(C(=O)O)c(=O)c2cc(Cc3cccc(Cl)c3Cl)ccc21. The number of aromatic carboxylic acids is 1. The number of hydrogen-bond donors (Lipinski definition) is 1. The molecular formula is C23H18Cl2N2O3S. The van der Waals surface area contributed by atoms with Gasteiger partial charge in [0.1, 0.15) is 5.56 Å². The molecule has 0 unspecified atom stereocenters. The number of carboxylic acids is 1. The van der Waals surface area contributed by atoms with Crippen molar-refractivity contribution in [2.75, 3.05) is 0 Å². The third-order valence-electron chi connectivity index (χ3n) is 5.23. The molecule has 8 heteroatoms. The van der Waals surface area contributed by atoms with E-state index in [4.69, 9.17) is 23.2 Å². The minimum atomic E-state index is -1.24. The van der Waals surface area contributed by atoms with Crippen LogP contribution in [0.2, 0.25) is 10.0 Å². The molecule has 1 N–H and O–H groups in total. The summed E-state index contributed by atoms with van der Waals surface area (Å²) >= 11 is 14.0. The molecule has 2 aromatic heterocycles. The third kappa shape index (κ3) is 4.37.